The van der Waals surface area contributed by atoms with Gasteiger partial charge < -0.3 is 5.32 Å². The highest BCUT2D eigenvalue weighted by Crippen LogP contribution is 2.31. The van der Waals surface area contributed by atoms with E-state index in [1.807, 2.05) is 6.07 Å². The Kier molecular flexibility index (Phi) is 4.30. The summed E-state index contributed by atoms with van der Waals surface area (Å²) in [5.41, 5.74) is 0.112. The fraction of sp³-hybridized carbons (Fsp3) is 0.176. The molecule has 1 fully saturated rings. The number of imide groups is 1. The molecule has 1 N–H and O–H groups in total. The molecule has 1 heterocycles. The second kappa shape index (κ2) is 6.29. The van der Waals surface area contributed by atoms with Crippen molar-refractivity contribution in [2.75, 3.05) is 0 Å². The van der Waals surface area contributed by atoms with E-state index in [1.54, 1.807) is 25.1 Å². The Balaban J connectivity index is 1.85. The lowest BCUT2D eigenvalue weighted by molar-refractivity contribution is -0.384. The van der Waals surface area contributed by atoms with Gasteiger partial charge in [0, 0.05) is 16.6 Å². The maximum Gasteiger partial charge on any atom is 0.325 e. The van der Waals surface area contributed by atoms with Gasteiger partial charge in [-0.15, -0.1) is 0 Å². The fourth-order valence-corrected chi connectivity index (χ4v) is 3.14. The molecule has 0 bridgehead atoms. The summed E-state index contributed by atoms with van der Waals surface area (Å²) in [7, 11) is 0. The van der Waals surface area contributed by atoms with Gasteiger partial charge in [-0.25, -0.2) is 4.79 Å². The van der Waals surface area contributed by atoms with Crippen molar-refractivity contribution in [1.29, 1.82) is 0 Å². The van der Waals surface area contributed by atoms with E-state index in [-0.39, 0.29) is 18.1 Å². The number of benzene rings is 2. The molecule has 128 valence electrons. The van der Waals surface area contributed by atoms with Crippen LogP contribution < -0.4 is 5.32 Å². The quantitative estimate of drug-likeness (QED) is 0.481. The van der Waals surface area contributed by atoms with Crippen LogP contribution in [0, 0.1) is 10.1 Å². The van der Waals surface area contributed by atoms with Gasteiger partial charge in [0.05, 0.1) is 11.5 Å². The number of hydrogen-bond donors (Lipinski definition) is 1. The van der Waals surface area contributed by atoms with Gasteiger partial charge in [0.1, 0.15) is 5.54 Å². The predicted molar refractivity (Wildman–Crippen MR) is 93.7 cm³/mol. The highest BCUT2D eigenvalue weighted by molar-refractivity contribution is 9.10. The largest absolute Gasteiger partial charge is 0.325 e. The molecule has 1 aliphatic heterocycles. The number of non-ortho nitro benzene ring substituents is 1. The number of hydrogen-bond acceptors (Lipinski definition) is 4. The van der Waals surface area contributed by atoms with Gasteiger partial charge in [0.25, 0.3) is 11.6 Å². The second-order valence-electron chi connectivity index (χ2n) is 5.88. The Bertz CT molecular complexity index is 868. The molecule has 1 atom stereocenters. The zero-order chi connectivity index (χ0) is 18.2. The van der Waals surface area contributed by atoms with Crippen molar-refractivity contribution in [2.45, 2.75) is 19.0 Å². The zero-order valence-electron chi connectivity index (χ0n) is 13.2. The summed E-state index contributed by atoms with van der Waals surface area (Å²) in [4.78, 5) is 36.5. The van der Waals surface area contributed by atoms with Gasteiger partial charge in [-0.2, -0.15) is 0 Å². The summed E-state index contributed by atoms with van der Waals surface area (Å²) in [6.07, 6.45) is 0. The molecule has 2 aromatic carbocycles. The van der Waals surface area contributed by atoms with Gasteiger partial charge in [0.2, 0.25) is 0 Å². The van der Waals surface area contributed by atoms with Crippen LogP contribution in [-0.4, -0.2) is 21.8 Å². The molecule has 1 aliphatic rings. The molecular weight excluding hydrogens is 390 g/mol. The Labute approximate surface area is 151 Å². The van der Waals surface area contributed by atoms with Gasteiger partial charge in [0.15, 0.2) is 0 Å². The van der Waals surface area contributed by atoms with Crippen LogP contribution in [0.5, 0.6) is 0 Å². The zero-order valence-corrected chi connectivity index (χ0v) is 14.8. The first-order valence-electron chi connectivity index (χ1n) is 7.45. The lowest BCUT2D eigenvalue weighted by Gasteiger charge is -2.22. The van der Waals surface area contributed by atoms with Gasteiger partial charge in [-0.3, -0.25) is 19.8 Å². The standard InChI is InChI=1S/C17H14BrN3O4/c1-17(12-3-2-4-13(18)9-12)15(22)20(16(23)19-17)10-11-5-7-14(8-6-11)21(24)25/h2-9H,10H2,1H3,(H,19,23)/t17-/m1/s1. The summed E-state index contributed by atoms with van der Waals surface area (Å²) in [6.45, 7) is 1.71. The van der Waals surface area contributed by atoms with Crippen molar-refractivity contribution in [1.82, 2.24) is 10.2 Å². The average molecular weight is 404 g/mol. The van der Waals surface area contributed by atoms with E-state index in [4.69, 9.17) is 0 Å². The van der Waals surface area contributed by atoms with Crippen molar-refractivity contribution >= 4 is 33.6 Å². The maximum absolute atomic E-state index is 12.8. The highest BCUT2D eigenvalue weighted by atomic mass is 79.9. The number of carbonyl (C=O) groups is 2. The first-order chi connectivity index (χ1) is 11.8. The smallest absolute Gasteiger partial charge is 0.319 e. The van der Waals surface area contributed by atoms with Gasteiger partial charge >= 0.3 is 6.03 Å². The van der Waals surface area contributed by atoms with Crippen LogP contribution in [0.25, 0.3) is 0 Å². The number of carbonyl (C=O) groups excluding carboxylic acids is 2. The van der Waals surface area contributed by atoms with Crippen LogP contribution in [-0.2, 0) is 16.9 Å². The van der Waals surface area contributed by atoms with E-state index >= 15 is 0 Å². The number of halogens is 1. The average Bonchev–Trinajstić information content (AvgIpc) is 2.80. The second-order valence-corrected chi connectivity index (χ2v) is 6.80. The highest BCUT2D eigenvalue weighted by Gasteiger charge is 2.48. The van der Waals surface area contributed by atoms with E-state index in [9.17, 15) is 19.7 Å². The molecular formula is C17H14BrN3O4. The minimum atomic E-state index is -1.15. The lowest BCUT2D eigenvalue weighted by Crippen LogP contribution is -2.40. The van der Waals surface area contributed by atoms with Crippen molar-refractivity contribution < 1.29 is 14.5 Å². The van der Waals surface area contributed by atoms with Crippen LogP contribution in [0.4, 0.5) is 10.5 Å². The SMILES string of the molecule is C[C@]1(c2cccc(Br)c2)NC(=O)N(Cc2ccc([N+](=O)[O-])cc2)C1=O. The minimum absolute atomic E-state index is 0.0417. The molecule has 25 heavy (non-hydrogen) atoms. The van der Waals surface area contributed by atoms with Crippen LogP contribution >= 0.6 is 15.9 Å². The fourth-order valence-electron chi connectivity index (χ4n) is 2.74. The number of amides is 3. The lowest BCUT2D eigenvalue weighted by atomic mass is 9.92. The van der Waals surface area contributed by atoms with Crippen molar-refractivity contribution in [3.8, 4) is 0 Å². The normalized spacial score (nSPS) is 19.8. The molecule has 8 heteroatoms. The summed E-state index contributed by atoms with van der Waals surface area (Å²) in [6, 6.07) is 12.5. The Morgan fingerprint density at radius 3 is 2.48 bits per heavy atom. The van der Waals surface area contributed by atoms with Crippen molar-refractivity contribution in [2.24, 2.45) is 0 Å². The predicted octanol–water partition coefficient (Wildman–Crippen LogP) is 3.32. The number of nitrogens with one attached hydrogen (secondary N) is 1. The van der Waals surface area contributed by atoms with Crippen LogP contribution in [0.15, 0.2) is 53.0 Å². The summed E-state index contributed by atoms with van der Waals surface area (Å²) >= 11 is 3.36. The van der Waals surface area contributed by atoms with Gasteiger partial charge in [-0.05, 0) is 30.2 Å². The number of urea groups is 1. The maximum atomic E-state index is 12.8. The Morgan fingerprint density at radius 1 is 1.20 bits per heavy atom. The molecule has 0 unspecified atom stereocenters. The Morgan fingerprint density at radius 2 is 1.88 bits per heavy atom. The summed E-state index contributed by atoms with van der Waals surface area (Å²) in [5.74, 6) is -0.367. The van der Waals surface area contributed by atoms with E-state index in [0.29, 0.717) is 11.1 Å². The summed E-state index contributed by atoms with van der Waals surface area (Å²) < 4.78 is 0.807. The Hall–Kier alpha value is -2.74. The number of nitro groups is 1. The van der Waals surface area contributed by atoms with Crippen LogP contribution in [0.2, 0.25) is 0 Å². The third-order valence-corrected chi connectivity index (χ3v) is 4.66. The molecule has 3 amide bonds. The van der Waals surface area contributed by atoms with E-state index in [0.717, 1.165) is 9.37 Å². The number of nitro benzene ring substituents is 1. The molecule has 7 nitrogen and oxygen atoms in total. The topological polar surface area (TPSA) is 92.6 Å². The first kappa shape index (κ1) is 17.1. The molecule has 0 spiro atoms. The minimum Gasteiger partial charge on any atom is -0.319 e. The van der Waals surface area contributed by atoms with Crippen LogP contribution in [0.1, 0.15) is 18.1 Å². The van der Waals surface area contributed by atoms with E-state index in [1.165, 1.54) is 24.3 Å². The monoisotopic (exact) mass is 403 g/mol. The number of rotatable bonds is 4. The van der Waals surface area contributed by atoms with Crippen molar-refractivity contribution in [3.63, 3.8) is 0 Å². The molecule has 3 rings (SSSR count). The number of nitrogens with zero attached hydrogens (tertiary/aromatic N) is 2. The van der Waals surface area contributed by atoms with Crippen LogP contribution in [0.3, 0.4) is 0 Å². The molecule has 0 saturated carbocycles. The van der Waals surface area contributed by atoms with Gasteiger partial charge in [-0.1, -0.05) is 40.2 Å². The van der Waals surface area contributed by atoms with E-state index in [2.05, 4.69) is 21.2 Å². The molecule has 0 aromatic heterocycles. The molecule has 1 saturated heterocycles. The third-order valence-electron chi connectivity index (χ3n) is 4.16. The van der Waals surface area contributed by atoms with Crippen molar-refractivity contribution in [3.05, 3.63) is 74.2 Å². The summed E-state index contributed by atoms with van der Waals surface area (Å²) in [5, 5.41) is 13.4. The third kappa shape index (κ3) is 3.12. The molecule has 0 radical (unpaired) electrons. The molecule has 0 aliphatic carbocycles. The van der Waals surface area contributed by atoms with E-state index < -0.39 is 16.5 Å². The molecule has 2 aromatic rings. The first-order valence-corrected chi connectivity index (χ1v) is 8.24.